The Hall–Kier alpha value is -5.86. The van der Waals surface area contributed by atoms with Crippen molar-refractivity contribution in [2.24, 2.45) is 0 Å². The van der Waals surface area contributed by atoms with Crippen LogP contribution in [-0.2, 0) is 10.8 Å². The minimum absolute atomic E-state index is 0.155. The topological polar surface area (TPSA) is 6.48 Å². The van der Waals surface area contributed by atoms with E-state index in [1.54, 1.807) is 0 Å². The second-order valence-electron chi connectivity index (χ2n) is 16.4. The maximum atomic E-state index is 2.58. The summed E-state index contributed by atoms with van der Waals surface area (Å²) in [4.78, 5) is 5.12. The number of nitrogens with zero attached hydrogens (tertiary/aromatic N) is 2. The summed E-state index contributed by atoms with van der Waals surface area (Å²) in [5.41, 5.74) is 18.1. The molecule has 4 aliphatic rings. The molecule has 2 heterocycles. The standard InChI is InChI=1S/C52H46N2/c1-51(2)44-24-13-14-25-48(44)54-49-31-30-41(34-45(49)52(3,4)47-33-38(32-46(51)50(47)54)35-16-7-5-8-17-35)53(39-20-9-6-10-21-39)40-28-26-37(27-29-40)43-23-15-19-36-18-11-12-22-42(36)43/h5,7-9,11-26,28,30-34H,6,10,27,29H2,1-4H3. The van der Waals surface area contributed by atoms with Gasteiger partial charge in [0.15, 0.2) is 0 Å². The lowest BCUT2D eigenvalue weighted by Crippen LogP contribution is -2.38. The number of allylic oxidation sites excluding steroid dienone is 7. The highest BCUT2D eigenvalue weighted by Crippen LogP contribution is 2.61. The average Bonchev–Trinajstić information content (AvgIpc) is 3.21. The molecule has 0 spiro atoms. The van der Waals surface area contributed by atoms with Crippen LogP contribution in [0, 0.1) is 0 Å². The van der Waals surface area contributed by atoms with Crippen molar-refractivity contribution in [2.75, 3.05) is 9.80 Å². The monoisotopic (exact) mass is 698 g/mol. The molecule has 54 heavy (non-hydrogen) atoms. The fraction of sp³-hybridized carbons (Fsp3) is 0.192. The second-order valence-corrected chi connectivity index (χ2v) is 16.4. The zero-order valence-electron chi connectivity index (χ0n) is 31.7. The van der Waals surface area contributed by atoms with E-state index in [4.69, 9.17) is 0 Å². The number of para-hydroxylation sites is 1. The van der Waals surface area contributed by atoms with Gasteiger partial charge in [0.05, 0.1) is 17.1 Å². The van der Waals surface area contributed by atoms with Crippen LogP contribution >= 0.6 is 0 Å². The van der Waals surface area contributed by atoms with E-state index in [1.807, 2.05) is 0 Å². The van der Waals surface area contributed by atoms with Gasteiger partial charge in [-0.1, -0.05) is 137 Å². The molecule has 2 nitrogen and oxygen atoms in total. The zero-order chi connectivity index (χ0) is 36.6. The molecule has 0 radical (unpaired) electrons. The molecule has 0 saturated carbocycles. The zero-order valence-corrected chi connectivity index (χ0v) is 31.7. The molecule has 0 N–H and O–H groups in total. The van der Waals surface area contributed by atoms with Crippen molar-refractivity contribution in [3.8, 4) is 11.1 Å². The molecule has 0 atom stereocenters. The SMILES string of the molecule is CC1(C)c2ccccc2N2c3ccc(N(C4=CCCC=C4)C4=CC=C(c5cccc6ccccc56)CC4)cc3C(C)(C)c3cc(-c4ccccc4)cc1c32. The number of rotatable bonds is 5. The molecule has 6 aromatic carbocycles. The van der Waals surface area contributed by atoms with Crippen LogP contribution in [0.25, 0.3) is 27.5 Å². The van der Waals surface area contributed by atoms with E-state index in [9.17, 15) is 0 Å². The molecule has 0 fully saturated rings. The van der Waals surface area contributed by atoms with Crippen molar-refractivity contribution < 1.29 is 0 Å². The van der Waals surface area contributed by atoms with E-state index in [0.29, 0.717) is 0 Å². The van der Waals surface area contributed by atoms with Crippen molar-refractivity contribution in [2.45, 2.75) is 64.2 Å². The Balaban J connectivity index is 1.15. The average molecular weight is 699 g/mol. The molecule has 264 valence electrons. The molecular weight excluding hydrogens is 653 g/mol. The summed E-state index contributed by atoms with van der Waals surface area (Å²) in [5.74, 6) is 0. The Kier molecular flexibility index (Phi) is 7.49. The third-order valence-electron chi connectivity index (χ3n) is 12.5. The van der Waals surface area contributed by atoms with Crippen LogP contribution in [0.4, 0.5) is 22.7 Å². The highest BCUT2D eigenvalue weighted by molar-refractivity contribution is 5.96. The summed E-state index contributed by atoms with van der Waals surface area (Å²) in [6.07, 6.45) is 16.0. The highest BCUT2D eigenvalue weighted by atomic mass is 15.2. The summed E-state index contributed by atoms with van der Waals surface area (Å²) in [7, 11) is 0. The predicted octanol–water partition coefficient (Wildman–Crippen LogP) is 14.1. The van der Waals surface area contributed by atoms with Crippen molar-refractivity contribution in [1.82, 2.24) is 0 Å². The first-order valence-corrected chi connectivity index (χ1v) is 19.6. The molecule has 2 aliphatic carbocycles. The smallest absolute Gasteiger partial charge is 0.0544 e. The van der Waals surface area contributed by atoms with Gasteiger partial charge < -0.3 is 9.80 Å². The Morgan fingerprint density at radius 3 is 2.07 bits per heavy atom. The van der Waals surface area contributed by atoms with Crippen LogP contribution < -0.4 is 9.80 Å². The van der Waals surface area contributed by atoms with Gasteiger partial charge in [0.2, 0.25) is 0 Å². The summed E-state index contributed by atoms with van der Waals surface area (Å²) in [6.45, 7) is 9.68. The quantitative estimate of drug-likeness (QED) is 0.177. The molecule has 2 heteroatoms. The van der Waals surface area contributed by atoms with Crippen LogP contribution in [0.2, 0.25) is 0 Å². The van der Waals surface area contributed by atoms with Gasteiger partial charge in [-0.2, -0.15) is 0 Å². The maximum Gasteiger partial charge on any atom is 0.0544 e. The first-order chi connectivity index (χ1) is 26.3. The van der Waals surface area contributed by atoms with Crippen molar-refractivity contribution >= 4 is 39.1 Å². The van der Waals surface area contributed by atoms with Crippen LogP contribution in [-0.4, -0.2) is 0 Å². The first-order valence-electron chi connectivity index (χ1n) is 19.6. The minimum atomic E-state index is -0.246. The van der Waals surface area contributed by atoms with Gasteiger partial charge in [0.25, 0.3) is 0 Å². The molecule has 0 bridgehead atoms. The fourth-order valence-corrected chi connectivity index (χ4v) is 9.63. The summed E-state index contributed by atoms with van der Waals surface area (Å²) < 4.78 is 0. The number of hydrogen-bond acceptors (Lipinski definition) is 2. The lowest BCUT2D eigenvalue weighted by Gasteiger charge is -2.50. The lowest BCUT2D eigenvalue weighted by atomic mass is 9.65. The number of hydrogen-bond donors (Lipinski definition) is 0. The van der Waals surface area contributed by atoms with Crippen molar-refractivity contribution in [3.63, 3.8) is 0 Å². The molecule has 0 saturated heterocycles. The summed E-state index contributed by atoms with van der Waals surface area (Å²) in [6, 6.07) is 47.7. The Morgan fingerprint density at radius 1 is 0.574 bits per heavy atom. The molecule has 0 unspecified atom stereocenters. The van der Waals surface area contributed by atoms with Gasteiger partial charge in [0.1, 0.15) is 0 Å². The van der Waals surface area contributed by atoms with Gasteiger partial charge in [-0.3, -0.25) is 0 Å². The normalized spacial score (nSPS) is 17.5. The van der Waals surface area contributed by atoms with Crippen LogP contribution in [0.15, 0.2) is 169 Å². The van der Waals surface area contributed by atoms with Gasteiger partial charge in [-0.05, 0) is 130 Å². The van der Waals surface area contributed by atoms with Gasteiger partial charge in [-0.15, -0.1) is 0 Å². The van der Waals surface area contributed by atoms with E-state index in [0.717, 1.165) is 25.7 Å². The Bertz CT molecular complexity index is 2610. The van der Waals surface area contributed by atoms with Crippen molar-refractivity contribution in [1.29, 1.82) is 0 Å². The molecule has 6 aromatic rings. The largest absolute Gasteiger partial charge is 0.315 e. The molecule has 10 rings (SSSR count). The Labute approximate surface area is 320 Å². The van der Waals surface area contributed by atoms with Gasteiger partial charge in [0, 0.05) is 27.9 Å². The summed E-state index contributed by atoms with van der Waals surface area (Å²) in [5, 5.41) is 2.63. The number of fused-ring (bicyclic) bond motifs is 5. The second kappa shape index (κ2) is 12.4. The van der Waals surface area contributed by atoms with Crippen LogP contribution in [0.5, 0.6) is 0 Å². The maximum absolute atomic E-state index is 2.58. The molecule has 0 amide bonds. The molecule has 0 aromatic heterocycles. The highest BCUT2D eigenvalue weighted by Gasteiger charge is 2.46. The van der Waals surface area contributed by atoms with E-state index in [1.165, 1.54) is 89.4 Å². The minimum Gasteiger partial charge on any atom is -0.315 e. The third kappa shape index (κ3) is 5.00. The Morgan fingerprint density at radius 2 is 1.30 bits per heavy atom. The summed E-state index contributed by atoms with van der Waals surface area (Å²) >= 11 is 0. The van der Waals surface area contributed by atoms with E-state index in [2.05, 4.69) is 195 Å². The first kappa shape index (κ1) is 32.8. The fourth-order valence-electron chi connectivity index (χ4n) is 9.63. The lowest BCUT2D eigenvalue weighted by molar-refractivity contribution is 0.597. The van der Waals surface area contributed by atoms with E-state index in [-0.39, 0.29) is 10.8 Å². The van der Waals surface area contributed by atoms with Gasteiger partial charge >= 0.3 is 0 Å². The van der Waals surface area contributed by atoms with Crippen LogP contribution in [0.1, 0.15) is 81.2 Å². The van der Waals surface area contributed by atoms with E-state index < -0.39 is 0 Å². The van der Waals surface area contributed by atoms with Gasteiger partial charge in [-0.25, -0.2) is 0 Å². The van der Waals surface area contributed by atoms with Crippen molar-refractivity contribution in [3.05, 3.63) is 197 Å². The van der Waals surface area contributed by atoms with E-state index >= 15 is 0 Å². The number of benzene rings is 6. The van der Waals surface area contributed by atoms with Crippen LogP contribution in [0.3, 0.4) is 0 Å². The molecule has 2 aliphatic heterocycles. The third-order valence-corrected chi connectivity index (χ3v) is 12.5. The molecular formula is C52H46N2. The predicted molar refractivity (Wildman–Crippen MR) is 229 cm³/mol. The number of anilines is 4.